The number of nitrogens with zero attached hydrogens (tertiary/aromatic N) is 2. The van der Waals surface area contributed by atoms with Crippen LogP contribution in [0.4, 0.5) is 8.78 Å². The van der Waals surface area contributed by atoms with Crippen molar-refractivity contribution in [2.75, 3.05) is 6.54 Å². The van der Waals surface area contributed by atoms with Gasteiger partial charge in [-0.05, 0) is 11.5 Å². The number of rotatable bonds is 5. The van der Waals surface area contributed by atoms with Crippen molar-refractivity contribution in [3.8, 4) is 0 Å². The monoisotopic (exact) mass is 223 g/mol. The maximum Gasteiger partial charge on any atom is 0.375 e. The highest BCUT2D eigenvalue weighted by Gasteiger charge is 2.38. The quantitative estimate of drug-likeness (QED) is 0.753. The minimum atomic E-state index is -3.75. The van der Waals surface area contributed by atoms with Crippen LogP contribution >= 0.6 is 11.5 Å². The number of hydrogen-bond acceptors (Lipinski definition) is 5. The summed E-state index contributed by atoms with van der Waals surface area (Å²) in [6.45, 7) is -0.834. The fourth-order valence-corrected chi connectivity index (χ4v) is 1.14. The lowest BCUT2D eigenvalue weighted by molar-refractivity contribution is -0.164. The molecule has 0 aliphatic heterocycles. The molecule has 5 nitrogen and oxygen atoms in total. The summed E-state index contributed by atoms with van der Waals surface area (Å²) in [5.41, 5.74) is 0.510. The molecule has 1 aromatic rings. The summed E-state index contributed by atoms with van der Waals surface area (Å²) in [6.07, 6.45) is 0. The van der Waals surface area contributed by atoms with Crippen LogP contribution in [-0.4, -0.2) is 33.1 Å². The Hall–Kier alpha value is -1.15. The predicted octanol–water partition coefficient (Wildman–Crippen LogP) is 0.348. The first-order chi connectivity index (χ1) is 6.52. The van der Waals surface area contributed by atoms with E-state index >= 15 is 0 Å². The number of carbonyl (C=O) groups is 1. The number of aromatic nitrogens is 2. The molecule has 8 heteroatoms. The van der Waals surface area contributed by atoms with E-state index in [4.69, 9.17) is 5.11 Å². The summed E-state index contributed by atoms with van der Waals surface area (Å²) in [7, 11) is 0. The van der Waals surface area contributed by atoms with Gasteiger partial charge in [0.2, 0.25) is 0 Å². The van der Waals surface area contributed by atoms with Gasteiger partial charge in [0.05, 0.1) is 12.2 Å². The van der Waals surface area contributed by atoms with Crippen molar-refractivity contribution in [2.45, 2.75) is 12.5 Å². The number of hydrogen-bond donors (Lipinski definition) is 2. The van der Waals surface area contributed by atoms with E-state index in [1.807, 2.05) is 0 Å². The van der Waals surface area contributed by atoms with Gasteiger partial charge in [-0.2, -0.15) is 8.78 Å². The third-order valence-corrected chi connectivity index (χ3v) is 1.92. The van der Waals surface area contributed by atoms with Crippen LogP contribution in [0, 0.1) is 0 Å². The molecule has 0 aromatic carbocycles. The number of nitrogens with one attached hydrogen (secondary N) is 1. The van der Waals surface area contributed by atoms with E-state index in [1.54, 1.807) is 5.38 Å². The van der Waals surface area contributed by atoms with E-state index in [0.29, 0.717) is 5.69 Å². The molecule has 0 radical (unpaired) electrons. The van der Waals surface area contributed by atoms with Crippen LogP contribution < -0.4 is 5.32 Å². The van der Waals surface area contributed by atoms with E-state index in [9.17, 15) is 13.6 Å². The first kappa shape index (κ1) is 10.9. The summed E-state index contributed by atoms with van der Waals surface area (Å²) in [5.74, 6) is -5.88. The van der Waals surface area contributed by atoms with Gasteiger partial charge in [0.1, 0.15) is 0 Å². The highest BCUT2D eigenvalue weighted by Crippen LogP contribution is 2.11. The summed E-state index contributed by atoms with van der Waals surface area (Å²) in [4.78, 5) is 10.00. The van der Waals surface area contributed by atoms with Gasteiger partial charge in [0.25, 0.3) is 0 Å². The van der Waals surface area contributed by atoms with Gasteiger partial charge in [-0.3, -0.25) is 0 Å². The van der Waals surface area contributed by atoms with Crippen LogP contribution in [0.2, 0.25) is 0 Å². The lowest BCUT2D eigenvalue weighted by atomic mass is 10.3. The molecule has 0 aliphatic rings. The molecule has 78 valence electrons. The zero-order chi connectivity index (χ0) is 10.6. The summed E-state index contributed by atoms with van der Waals surface area (Å²) < 4.78 is 28.5. The zero-order valence-corrected chi connectivity index (χ0v) is 7.72. The Bertz CT molecular complexity index is 304. The summed E-state index contributed by atoms with van der Waals surface area (Å²) in [6, 6.07) is 0. The second-order valence-electron chi connectivity index (χ2n) is 2.51. The number of alkyl halides is 2. The van der Waals surface area contributed by atoms with Crippen LogP contribution in [0.1, 0.15) is 5.69 Å². The Morgan fingerprint density at radius 3 is 2.93 bits per heavy atom. The molecule has 0 aliphatic carbocycles. The third-order valence-electron chi connectivity index (χ3n) is 1.37. The molecule has 1 heterocycles. The molecule has 1 aromatic heterocycles. The Morgan fingerprint density at radius 2 is 2.43 bits per heavy atom. The zero-order valence-electron chi connectivity index (χ0n) is 6.91. The number of carboxylic acids is 1. The standard InChI is InChI=1S/C6H7F2N3O2S/c7-6(8,5(12)13)3-9-1-4-2-14-11-10-4/h2,9H,1,3H2,(H,12,13). The molecule has 0 unspecified atom stereocenters. The highest BCUT2D eigenvalue weighted by atomic mass is 32.1. The Balaban J connectivity index is 2.31. The average Bonchev–Trinajstić information content (AvgIpc) is 2.56. The minimum absolute atomic E-state index is 0.0827. The Kier molecular flexibility index (Phi) is 3.42. The lowest BCUT2D eigenvalue weighted by Crippen LogP contribution is -2.39. The van der Waals surface area contributed by atoms with E-state index in [-0.39, 0.29) is 6.54 Å². The van der Waals surface area contributed by atoms with E-state index < -0.39 is 18.4 Å². The van der Waals surface area contributed by atoms with Crippen LogP contribution in [0.5, 0.6) is 0 Å². The highest BCUT2D eigenvalue weighted by molar-refractivity contribution is 7.03. The maximum absolute atomic E-state index is 12.5. The molecule has 14 heavy (non-hydrogen) atoms. The molecule has 0 saturated carbocycles. The average molecular weight is 223 g/mol. The molecule has 0 bridgehead atoms. The molecule has 0 amide bonds. The van der Waals surface area contributed by atoms with Gasteiger partial charge < -0.3 is 10.4 Å². The second-order valence-corrected chi connectivity index (χ2v) is 3.12. The van der Waals surface area contributed by atoms with Gasteiger partial charge in [0.15, 0.2) is 0 Å². The number of carboxylic acid groups (broad SMARTS) is 1. The third kappa shape index (κ3) is 2.96. The summed E-state index contributed by atoms with van der Waals surface area (Å²) in [5, 5.41) is 15.5. The van der Waals surface area contributed by atoms with Gasteiger partial charge in [-0.25, -0.2) is 4.79 Å². The van der Waals surface area contributed by atoms with Crippen LogP contribution in [0.3, 0.4) is 0 Å². The fourth-order valence-electron chi connectivity index (χ4n) is 0.684. The van der Waals surface area contributed by atoms with Crippen molar-refractivity contribution < 1.29 is 18.7 Å². The fraction of sp³-hybridized carbons (Fsp3) is 0.500. The predicted molar refractivity (Wildman–Crippen MR) is 44.2 cm³/mol. The first-order valence-electron chi connectivity index (χ1n) is 3.60. The topological polar surface area (TPSA) is 75.1 Å². The van der Waals surface area contributed by atoms with Crippen molar-refractivity contribution in [3.63, 3.8) is 0 Å². The lowest BCUT2D eigenvalue weighted by Gasteiger charge is -2.10. The molecular weight excluding hydrogens is 216 g/mol. The molecule has 0 fully saturated rings. The van der Waals surface area contributed by atoms with Crippen molar-refractivity contribution in [2.24, 2.45) is 0 Å². The Morgan fingerprint density at radius 1 is 1.71 bits per heavy atom. The van der Waals surface area contributed by atoms with Crippen molar-refractivity contribution in [1.82, 2.24) is 14.9 Å². The summed E-state index contributed by atoms with van der Waals surface area (Å²) >= 11 is 1.10. The molecule has 0 atom stereocenters. The van der Waals surface area contributed by atoms with E-state index in [2.05, 4.69) is 14.9 Å². The molecular formula is C6H7F2N3O2S. The van der Waals surface area contributed by atoms with Crippen LogP contribution in [0.25, 0.3) is 0 Å². The number of halogens is 2. The van der Waals surface area contributed by atoms with Gasteiger partial charge in [0, 0.05) is 11.9 Å². The minimum Gasteiger partial charge on any atom is -0.477 e. The smallest absolute Gasteiger partial charge is 0.375 e. The molecule has 2 N–H and O–H groups in total. The van der Waals surface area contributed by atoms with Crippen LogP contribution in [-0.2, 0) is 11.3 Å². The Labute approximate surface area is 81.9 Å². The maximum atomic E-state index is 12.5. The molecule has 1 rings (SSSR count). The van der Waals surface area contributed by atoms with Crippen molar-refractivity contribution in [1.29, 1.82) is 0 Å². The first-order valence-corrected chi connectivity index (χ1v) is 4.44. The SMILES string of the molecule is O=C(O)C(F)(F)CNCc1csnn1. The van der Waals surface area contributed by atoms with Crippen molar-refractivity contribution in [3.05, 3.63) is 11.1 Å². The largest absolute Gasteiger partial charge is 0.477 e. The van der Waals surface area contributed by atoms with Gasteiger partial charge in [-0.1, -0.05) is 4.49 Å². The van der Waals surface area contributed by atoms with Gasteiger partial charge in [-0.15, -0.1) is 5.10 Å². The van der Waals surface area contributed by atoms with Crippen LogP contribution in [0.15, 0.2) is 5.38 Å². The second kappa shape index (κ2) is 4.38. The molecule has 0 saturated heterocycles. The van der Waals surface area contributed by atoms with E-state index in [1.165, 1.54) is 0 Å². The molecule has 0 spiro atoms. The normalized spacial score (nSPS) is 11.6. The van der Waals surface area contributed by atoms with Gasteiger partial charge >= 0.3 is 11.9 Å². The van der Waals surface area contributed by atoms with E-state index in [0.717, 1.165) is 11.5 Å². The van der Waals surface area contributed by atoms with Crippen molar-refractivity contribution >= 4 is 17.5 Å². The number of aliphatic carboxylic acids is 1.